The Balaban J connectivity index is 1.58. The molecule has 0 unspecified atom stereocenters. The molecule has 1 aromatic carbocycles. The summed E-state index contributed by atoms with van der Waals surface area (Å²) in [5.74, 6) is -0.357. The molecular formula is C31H48N4O7. The number of rotatable bonds is 16. The fourth-order valence-corrected chi connectivity index (χ4v) is 6.50. The fourth-order valence-electron chi connectivity index (χ4n) is 6.50. The Morgan fingerprint density at radius 2 is 1.88 bits per heavy atom. The lowest BCUT2D eigenvalue weighted by atomic mass is 9.84. The number of hydrogen-bond donors (Lipinski definition) is 1. The van der Waals surface area contributed by atoms with E-state index in [0.29, 0.717) is 62.8 Å². The van der Waals surface area contributed by atoms with Gasteiger partial charge < -0.3 is 34.0 Å². The van der Waals surface area contributed by atoms with Crippen molar-refractivity contribution in [3.05, 3.63) is 17.7 Å². The lowest BCUT2D eigenvalue weighted by molar-refractivity contribution is -0.144. The number of likely N-dealkylation sites (tertiary alicyclic amines) is 2. The molecule has 0 aromatic heterocycles. The van der Waals surface area contributed by atoms with Crippen LogP contribution in [0.15, 0.2) is 12.1 Å². The number of carbonyl (C=O) groups excluding carboxylic acids is 2. The molecule has 11 nitrogen and oxygen atoms in total. The largest absolute Gasteiger partial charge is 0.493 e. The number of amides is 2. The van der Waals surface area contributed by atoms with E-state index in [1.54, 1.807) is 7.11 Å². The highest BCUT2D eigenvalue weighted by atomic mass is 16.7. The van der Waals surface area contributed by atoms with Crippen LogP contribution in [0.25, 0.3) is 0 Å². The number of ether oxygens (including phenoxy) is 3. The Hall–Kier alpha value is -3.05. The van der Waals surface area contributed by atoms with Crippen molar-refractivity contribution < 1.29 is 33.7 Å². The SMILES string of the molecule is CCCCN(CCCCN(C)C)C(=O)CN1C[C@H](c2cc(OC)c3c(c2)OCO3)[C@H](C(=O)O)[C@H]1CCN1CCCC1=O. The first-order valence-electron chi connectivity index (χ1n) is 15.4. The third-order valence-corrected chi connectivity index (χ3v) is 8.76. The van der Waals surface area contributed by atoms with Crippen molar-refractivity contribution in [2.75, 3.05) is 73.8 Å². The molecule has 4 rings (SSSR count). The Bertz CT molecular complexity index is 1100. The molecule has 11 heteroatoms. The molecule has 3 atom stereocenters. The van der Waals surface area contributed by atoms with Crippen LogP contribution >= 0.6 is 0 Å². The van der Waals surface area contributed by atoms with E-state index in [2.05, 4.69) is 11.8 Å². The summed E-state index contributed by atoms with van der Waals surface area (Å²) in [6.45, 7) is 6.30. The van der Waals surface area contributed by atoms with Crippen molar-refractivity contribution in [2.45, 2.75) is 63.8 Å². The van der Waals surface area contributed by atoms with E-state index >= 15 is 0 Å². The molecule has 0 spiro atoms. The molecule has 2 saturated heterocycles. The molecule has 0 saturated carbocycles. The number of hydrogen-bond acceptors (Lipinski definition) is 8. The smallest absolute Gasteiger partial charge is 0.308 e. The highest BCUT2D eigenvalue weighted by Gasteiger charge is 2.48. The van der Waals surface area contributed by atoms with Crippen LogP contribution in [0, 0.1) is 5.92 Å². The maximum absolute atomic E-state index is 13.8. The van der Waals surface area contributed by atoms with E-state index in [4.69, 9.17) is 14.2 Å². The predicted molar refractivity (Wildman–Crippen MR) is 158 cm³/mol. The maximum atomic E-state index is 13.8. The lowest BCUT2D eigenvalue weighted by Crippen LogP contribution is -2.45. The van der Waals surface area contributed by atoms with Crippen molar-refractivity contribution in [2.24, 2.45) is 5.92 Å². The summed E-state index contributed by atoms with van der Waals surface area (Å²) in [7, 11) is 5.65. The third kappa shape index (κ3) is 7.66. The van der Waals surface area contributed by atoms with Gasteiger partial charge in [-0.1, -0.05) is 13.3 Å². The standard InChI is InChI=1S/C31H48N4O7/c1-5-6-13-33(14-8-7-12-32(2)3)28(37)20-35-19-23(22-17-25(40-4)30-26(18-22)41-21-42-30)29(31(38)39)24(35)11-16-34-15-9-10-27(34)36/h17-18,23-24,29H,5-16,19-21H2,1-4H3,(H,38,39)/t23-,24-,29+/m1/s1. The summed E-state index contributed by atoms with van der Waals surface area (Å²) < 4.78 is 16.8. The van der Waals surface area contributed by atoms with Crippen molar-refractivity contribution in [3.63, 3.8) is 0 Å². The Morgan fingerprint density at radius 3 is 2.55 bits per heavy atom. The number of fused-ring (bicyclic) bond motifs is 1. The number of unbranched alkanes of at least 4 members (excludes halogenated alkanes) is 2. The molecule has 0 bridgehead atoms. The molecule has 42 heavy (non-hydrogen) atoms. The van der Waals surface area contributed by atoms with Crippen molar-refractivity contribution in [1.82, 2.24) is 19.6 Å². The summed E-state index contributed by atoms with van der Waals surface area (Å²) in [5.41, 5.74) is 0.784. The van der Waals surface area contributed by atoms with Gasteiger partial charge in [0.05, 0.1) is 19.6 Å². The third-order valence-electron chi connectivity index (χ3n) is 8.76. The van der Waals surface area contributed by atoms with Crippen LogP contribution < -0.4 is 14.2 Å². The monoisotopic (exact) mass is 588 g/mol. The first kappa shape index (κ1) is 31.9. The van der Waals surface area contributed by atoms with Crippen molar-refractivity contribution in [3.8, 4) is 17.2 Å². The molecule has 0 aliphatic carbocycles. The van der Waals surface area contributed by atoms with Gasteiger partial charge in [0.2, 0.25) is 24.4 Å². The zero-order valence-corrected chi connectivity index (χ0v) is 25.7. The van der Waals surface area contributed by atoms with Crippen LogP contribution in [0.4, 0.5) is 0 Å². The van der Waals surface area contributed by atoms with Crippen LogP contribution in [0.3, 0.4) is 0 Å². The van der Waals surface area contributed by atoms with E-state index < -0.39 is 17.9 Å². The van der Waals surface area contributed by atoms with Gasteiger partial charge in [-0.15, -0.1) is 0 Å². The molecule has 1 aromatic rings. The topological polar surface area (TPSA) is 112 Å². The fraction of sp³-hybridized carbons (Fsp3) is 0.710. The van der Waals surface area contributed by atoms with Gasteiger partial charge in [0.25, 0.3) is 0 Å². The molecule has 2 fully saturated rings. The minimum atomic E-state index is -0.907. The summed E-state index contributed by atoms with van der Waals surface area (Å²) in [6, 6.07) is 3.28. The summed E-state index contributed by atoms with van der Waals surface area (Å²) in [6.07, 6.45) is 5.71. The van der Waals surface area contributed by atoms with E-state index in [-0.39, 0.29) is 31.1 Å². The molecule has 3 aliphatic heterocycles. The number of benzene rings is 1. The van der Waals surface area contributed by atoms with Gasteiger partial charge in [-0.3, -0.25) is 19.3 Å². The summed E-state index contributed by atoms with van der Waals surface area (Å²) >= 11 is 0. The van der Waals surface area contributed by atoms with Crippen LogP contribution in [0.2, 0.25) is 0 Å². The van der Waals surface area contributed by atoms with Gasteiger partial charge in [-0.25, -0.2) is 0 Å². The normalized spacial score (nSPS) is 21.9. The minimum absolute atomic E-state index is 0.0311. The van der Waals surface area contributed by atoms with Gasteiger partial charge in [-0.2, -0.15) is 0 Å². The Morgan fingerprint density at radius 1 is 1.12 bits per heavy atom. The number of carboxylic acids is 1. The van der Waals surface area contributed by atoms with Gasteiger partial charge in [0.1, 0.15) is 0 Å². The molecule has 3 aliphatic rings. The van der Waals surface area contributed by atoms with Gasteiger partial charge in [0.15, 0.2) is 11.5 Å². The number of carboxylic acid groups (broad SMARTS) is 1. The second-order valence-electron chi connectivity index (χ2n) is 11.9. The van der Waals surface area contributed by atoms with Gasteiger partial charge in [-0.05, 0) is 70.4 Å². The predicted octanol–water partition coefficient (Wildman–Crippen LogP) is 2.88. The average Bonchev–Trinajstić information content (AvgIpc) is 3.69. The summed E-state index contributed by atoms with van der Waals surface area (Å²) in [5, 5.41) is 10.6. The minimum Gasteiger partial charge on any atom is -0.493 e. The first-order chi connectivity index (χ1) is 20.2. The van der Waals surface area contributed by atoms with Crippen LogP contribution in [0.1, 0.15) is 63.4 Å². The zero-order valence-electron chi connectivity index (χ0n) is 25.7. The van der Waals surface area contributed by atoms with Crippen LogP contribution in [-0.4, -0.2) is 122 Å². The number of nitrogens with zero attached hydrogens (tertiary/aromatic N) is 4. The van der Waals surface area contributed by atoms with Crippen LogP contribution in [0.5, 0.6) is 17.2 Å². The van der Waals surface area contributed by atoms with Crippen molar-refractivity contribution in [1.29, 1.82) is 0 Å². The quantitative estimate of drug-likeness (QED) is 0.291. The highest BCUT2D eigenvalue weighted by molar-refractivity contribution is 5.79. The van der Waals surface area contributed by atoms with Crippen molar-refractivity contribution >= 4 is 17.8 Å². The lowest BCUT2D eigenvalue weighted by Gasteiger charge is -2.31. The van der Waals surface area contributed by atoms with E-state index in [9.17, 15) is 19.5 Å². The summed E-state index contributed by atoms with van der Waals surface area (Å²) in [4.78, 5) is 47.0. The van der Waals surface area contributed by atoms with E-state index in [1.165, 1.54) is 0 Å². The van der Waals surface area contributed by atoms with E-state index in [1.807, 2.05) is 40.9 Å². The molecule has 0 radical (unpaired) electrons. The second kappa shape index (κ2) is 14.9. The number of aliphatic carboxylic acids is 1. The van der Waals surface area contributed by atoms with Gasteiger partial charge in [0, 0.05) is 51.1 Å². The average molecular weight is 589 g/mol. The molecule has 3 heterocycles. The van der Waals surface area contributed by atoms with Crippen LogP contribution in [-0.2, 0) is 14.4 Å². The molecular weight excluding hydrogens is 540 g/mol. The maximum Gasteiger partial charge on any atom is 0.308 e. The molecule has 2 amide bonds. The van der Waals surface area contributed by atoms with E-state index in [0.717, 1.165) is 44.2 Å². The first-order valence-corrected chi connectivity index (χ1v) is 15.4. The number of carbonyl (C=O) groups is 3. The Labute approximate surface area is 249 Å². The molecule has 234 valence electrons. The zero-order chi connectivity index (χ0) is 30.2. The van der Waals surface area contributed by atoms with Gasteiger partial charge >= 0.3 is 5.97 Å². The Kier molecular flexibility index (Phi) is 11.3. The number of methoxy groups -OCH3 is 1. The molecule has 1 N–H and O–H groups in total. The second-order valence-corrected chi connectivity index (χ2v) is 11.9. The highest BCUT2D eigenvalue weighted by Crippen LogP contribution is 2.47.